The van der Waals surface area contributed by atoms with Crippen molar-refractivity contribution in [2.24, 2.45) is 10.7 Å². The lowest BCUT2D eigenvalue weighted by atomic mass is 9.89. The van der Waals surface area contributed by atoms with Gasteiger partial charge in [-0.15, -0.1) is 10.2 Å². The van der Waals surface area contributed by atoms with Crippen LogP contribution in [0.4, 0.5) is 10.1 Å². The molecule has 5 rings (SSSR count). The van der Waals surface area contributed by atoms with Crippen LogP contribution in [0.25, 0.3) is 11.6 Å². The van der Waals surface area contributed by atoms with Gasteiger partial charge in [0.15, 0.2) is 5.66 Å². The summed E-state index contributed by atoms with van der Waals surface area (Å²) in [6.45, 7) is 1.89. The maximum Gasteiger partial charge on any atom is 0.266 e. The Morgan fingerprint density at radius 1 is 1.09 bits per heavy atom. The second-order valence-electron chi connectivity index (χ2n) is 7.33. The molecule has 2 aromatic carbocycles. The minimum absolute atomic E-state index is 0.183. The molecule has 3 heterocycles. The van der Waals surface area contributed by atoms with Gasteiger partial charge in [0.1, 0.15) is 23.9 Å². The first kappa shape index (κ1) is 19.8. The molecule has 160 valence electrons. The molecule has 0 bridgehead atoms. The fraction of sp³-hybridized carbons (Fsp3) is 0.130. The van der Waals surface area contributed by atoms with Crippen molar-refractivity contribution in [3.05, 3.63) is 89.2 Å². The molecule has 9 heteroatoms. The van der Waals surface area contributed by atoms with Crippen LogP contribution in [0.1, 0.15) is 22.6 Å². The third-order valence-electron chi connectivity index (χ3n) is 5.13. The number of hydrogen-bond donors (Lipinski definition) is 2. The molecule has 32 heavy (non-hydrogen) atoms. The fourth-order valence-electron chi connectivity index (χ4n) is 3.59. The van der Waals surface area contributed by atoms with E-state index in [-0.39, 0.29) is 18.3 Å². The summed E-state index contributed by atoms with van der Waals surface area (Å²) < 4.78 is 25.1. The molecule has 0 radical (unpaired) electrons. The number of aryl methyl sites for hydroxylation is 1. The van der Waals surface area contributed by atoms with E-state index < -0.39 is 5.66 Å². The number of aromatic nitrogens is 3. The highest BCUT2D eigenvalue weighted by molar-refractivity contribution is 5.83. The SMILES string of the molecule is Cc1nnc(-c2cc3c(cn2)NC=NC3(N)c2ccccc2OCc2cccc(F)c2)o1. The number of anilines is 1. The Bertz CT molecular complexity index is 1320. The summed E-state index contributed by atoms with van der Waals surface area (Å²) in [7, 11) is 0. The number of pyridine rings is 1. The standard InChI is InChI=1S/C23H19FN6O2/c1-14-29-30-22(32-14)19-10-18-20(11-26-19)27-13-28-23(18,25)17-7-2-3-8-21(17)31-12-15-5-4-6-16(24)9-15/h2-11,13H,12,25H2,1H3,(H,27,28). The number of nitrogens with two attached hydrogens (primary N) is 1. The molecule has 0 saturated carbocycles. The Labute approximate surface area is 183 Å². The number of benzene rings is 2. The normalized spacial score (nSPS) is 17.0. The van der Waals surface area contributed by atoms with E-state index >= 15 is 0 Å². The largest absolute Gasteiger partial charge is 0.488 e. The van der Waals surface area contributed by atoms with Crippen LogP contribution >= 0.6 is 0 Å². The number of nitrogens with one attached hydrogen (secondary N) is 1. The summed E-state index contributed by atoms with van der Waals surface area (Å²) in [5.74, 6) is 0.947. The van der Waals surface area contributed by atoms with Crippen LogP contribution in [-0.2, 0) is 12.3 Å². The summed E-state index contributed by atoms with van der Waals surface area (Å²) in [5.41, 5.74) is 8.81. The minimum Gasteiger partial charge on any atom is -0.488 e. The summed E-state index contributed by atoms with van der Waals surface area (Å²) >= 11 is 0. The Balaban J connectivity index is 1.54. The second-order valence-corrected chi connectivity index (χ2v) is 7.33. The van der Waals surface area contributed by atoms with Gasteiger partial charge in [0.25, 0.3) is 5.89 Å². The van der Waals surface area contributed by atoms with Gasteiger partial charge in [0.05, 0.1) is 18.2 Å². The molecule has 3 N–H and O–H groups in total. The minimum atomic E-state index is -1.26. The predicted octanol–water partition coefficient (Wildman–Crippen LogP) is 3.77. The van der Waals surface area contributed by atoms with Gasteiger partial charge < -0.3 is 14.5 Å². The zero-order chi connectivity index (χ0) is 22.1. The van der Waals surface area contributed by atoms with Gasteiger partial charge in [-0.2, -0.15) is 0 Å². The average Bonchev–Trinajstić information content (AvgIpc) is 3.24. The molecular weight excluding hydrogens is 411 g/mol. The van der Waals surface area contributed by atoms with Gasteiger partial charge in [-0.3, -0.25) is 5.73 Å². The molecule has 1 aliphatic heterocycles. The van der Waals surface area contributed by atoms with Gasteiger partial charge in [-0.1, -0.05) is 30.3 Å². The van der Waals surface area contributed by atoms with E-state index in [1.807, 2.05) is 24.3 Å². The molecule has 0 amide bonds. The molecule has 1 unspecified atom stereocenters. The van der Waals surface area contributed by atoms with Crippen molar-refractivity contribution in [2.75, 3.05) is 5.32 Å². The first-order valence-corrected chi connectivity index (χ1v) is 9.90. The topological polar surface area (TPSA) is 111 Å². The zero-order valence-electron chi connectivity index (χ0n) is 17.1. The summed E-state index contributed by atoms with van der Waals surface area (Å²) in [5, 5.41) is 11.0. The van der Waals surface area contributed by atoms with Crippen molar-refractivity contribution in [1.29, 1.82) is 0 Å². The number of rotatable bonds is 5. The van der Waals surface area contributed by atoms with Crippen molar-refractivity contribution >= 4 is 12.0 Å². The first-order valence-electron chi connectivity index (χ1n) is 9.90. The van der Waals surface area contributed by atoms with Gasteiger partial charge in [0, 0.05) is 18.1 Å². The summed E-state index contributed by atoms with van der Waals surface area (Å²) in [6, 6.07) is 15.4. The Morgan fingerprint density at radius 2 is 1.97 bits per heavy atom. The highest BCUT2D eigenvalue weighted by Crippen LogP contribution is 2.40. The maximum absolute atomic E-state index is 13.5. The van der Waals surface area contributed by atoms with Crippen LogP contribution in [0, 0.1) is 12.7 Å². The zero-order valence-corrected chi connectivity index (χ0v) is 17.1. The number of ether oxygens (including phenoxy) is 1. The Hall–Kier alpha value is -4.11. The van der Waals surface area contributed by atoms with Crippen molar-refractivity contribution in [3.63, 3.8) is 0 Å². The second kappa shape index (κ2) is 7.86. The number of hydrogen-bond acceptors (Lipinski definition) is 8. The fourth-order valence-corrected chi connectivity index (χ4v) is 3.59. The predicted molar refractivity (Wildman–Crippen MR) is 117 cm³/mol. The van der Waals surface area contributed by atoms with Crippen molar-refractivity contribution < 1.29 is 13.5 Å². The molecule has 8 nitrogen and oxygen atoms in total. The van der Waals surface area contributed by atoms with Gasteiger partial charge in [0.2, 0.25) is 5.89 Å². The number of para-hydroxylation sites is 1. The Morgan fingerprint density at radius 3 is 2.78 bits per heavy atom. The molecule has 0 saturated heterocycles. The third-order valence-corrected chi connectivity index (χ3v) is 5.13. The van der Waals surface area contributed by atoms with E-state index in [2.05, 4.69) is 25.5 Å². The van der Waals surface area contributed by atoms with Gasteiger partial charge in [-0.25, -0.2) is 14.4 Å². The summed E-state index contributed by atoms with van der Waals surface area (Å²) in [4.78, 5) is 8.95. The highest BCUT2D eigenvalue weighted by Gasteiger charge is 2.37. The van der Waals surface area contributed by atoms with E-state index in [1.54, 1.807) is 31.3 Å². The van der Waals surface area contributed by atoms with E-state index in [9.17, 15) is 4.39 Å². The maximum atomic E-state index is 13.5. The quantitative estimate of drug-likeness (QED) is 0.496. The summed E-state index contributed by atoms with van der Waals surface area (Å²) in [6.07, 6.45) is 3.18. The van der Waals surface area contributed by atoms with Crippen molar-refractivity contribution in [2.45, 2.75) is 19.2 Å². The third kappa shape index (κ3) is 3.58. The number of aliphatic imine (C=N–C) groups is 1. The van der Waals surface area contributed by atoms with Crippen LogP contribution in [0.3, 0.4) is 0 Å². The van der Waals surface area contributed by atoms with Crippen molar-refractivity contribution in [3.8, 4) is 17.3 Å². The van der Waals surface area contributed by atoms with Crippen LogP contribution < -0.4 is 15.8 Å². The Kier molecular flexibility index (Phi) is 4.87. The molecule has 0 spiro atoms. The molecule has 0 fully saturated rings. The molecule has 0 aliphatic carbocycles. The lowest BCUT2D eigenvalue weighted by Crippen LogP contribution is -2.40. The highest BCUT2D eigenvalue weighted by atomic mass is 19.1. The van der Waals surface area contributed by atoms with Crippen LogP contribution in [0.5, 0.6) is 5.75 Å². The van der Waals surface area contributed by atoms with E-state index in [0.29, 0.717) is 39.7 Å². The van der Waals surface area contributed by atoms with Crippen molar-refractivity contribution in [1.82, 2.24) is 15.2 Å². The molecule has 4 aromatic rings. The van der Waals surface area contributed by atoms with E-state index in [1.165, 1.54) is 18.5 Å². The molecule has 1 atom stereocenters. The van der Waals surface area contributed by atoms with Crippen LogP contribution in [0.15, 0.2) is 70.2 Å². The van der Waals surface area contributed by atoms with E-state index in [0.717, 1.165) is 0 Å². The molecule has 1 aliphatic rings. The van der Waals surface area contributed by atoms with Gasteiger partial charge in [-0.05, 0) is 29.8 Å². The lowest BCUT2D eigenvalue weighted by molar-refractivity contribution is 0.297. The number of nitrogens with zero attached hydrogens (tertiary/aromatic N) is 4. The number of halogens is 1. The number of fused-ring (bicyclic) bond motifs is 1. The molecule has 2 aromatic heterocycles. The smallest absolute Gasteiger partial charge is 0.266 e. The monoisotopic (exact) mass is 430 g/mol. The van der Waals surface area contributed by atoms with Crippen LogP contribution in [-0.4, -0.2) is 21.5 Å². The van der Waals surface area contributed by atoms with Crippen LogP contribution in [0.2, 0.25) is 0 Å². The van der Waals surface area contributed by atoms with E-state index in [4.69, 9.17) is 14.9 Å². The first-order chi connectivity index (χ1) is 15.5. The lowest BCUT2D eigenvalue weighted by Gasteiger charge is -2.32. The molecular formula is C23H19FN6O2. The average molecular weight is 430 g/mol. The van der Waals surface area contributed by atoms with Gasteiger partial charge >= 0.3 is 0 Å².